The lowest BCUT2D eigenvalue weighted by atomic mass is 10.1. The summed E-state index contributed by atoms with van der Waals surface area (Å²) in [6.07, 6.45) is 1.81. The van der Waals surface area contributed by atoms with Crippen LogP contribution in [0.5, 0.6) is 0 Å². The van der Waals surface area contributed by atoms with Crippen molar-refractivity contribution in [2.45, 2.75) is 19.4 Å². The van der Waals surface area contributed by atoms with Gasteiger partial charge in [0.05, 0.1) is 5.69 Å². The fourth-order valence-corrected chi connectivity index (χ4v) is 3.43. The van der Waals surface area contributed by atoms with Gasteiger partial charge in [-0.3, -0.25) is 9.59 Å². The van der Waals surface area contributed by atoms with E-state index in [-0.39, 0.29) is 17.9 Å². The number of nitrogens with one attached hydrogen (secondary N) is 1. The Morgan fingerprint density at radius 2 is 1.93 bits per heavy atom. The van der Waals surface area contributed by atoms with Crippen molar-refractivity contribution in [1.82, 2.24) is 4.90 Å². The van der Waals surface area contributed by atoms with Crippen LogP contribution >= 0.6 is 0 Å². The highest BCUT2D eigenvalue weighted by molar-refractivity contribution is 6.00. The van der Waals surface area contributed by atoms with Gasteiger partial charge in [0.1, 0.15) is 11.6 Å². The van der Waals surface area contributed by atoms with Gasteiger partial charge in [-0.25, -0.2) is 8.78 Å². The second-order valence-corrected chi connectivity index (χ2v) is 6.99. The molecule has 0 aromatic heterocycles. The van der Waals surface area contributed by atoms with Gasteiger partial charge in [0, 0.05) is 43.0 Å². The lowest BCUT2D eigenvalue weighted by molar-refractivity contribution is -0.111. The molecule has 1 atom stereocenters. The molecule has 152 valence electrons. The zero-order valence-corrected chi connectivity index (χ0v) is 16.2. The molecule has 1 aliphatic rings. The number of rotatable bonds is 4. The number of carbonyl (C=O) groups is 2. The van der Waals surface area contributed by atoms with Crippen molar-refractivity contribution in [3.63, 3.8) is 0 Å². The third kappa shape index (κ3) is 4.80. The van der Waals surface area contributed by atoms with Crippen molar-refractivity contribution in [3.05, 3.63) is 72.3 Å². The molecule has 1 saturated heterocycles. The smallest absolute Gasteiger partial charge is 0.254 e. The van der Waals surface area contributed by atoms with Crippen molar-refractivity contribution in [3.8, 4) is 0 Å². The van der Waals surface area contributed by atoms with Gasteiger partial charge in [0.2, 0.25) is 5.91 Å². The van der Waals surface area contributed by atoms with Crippen LogP contribution in [0.25, 0.3) is 0 Å². The van der Waals surface area contributed by atoms with E-state index < -0.39 is 11.6 Å². The number of carbonyl (C=O) groups excluding carboxylic acids is 2. The molecule has 0 aliphatic carbocycles. The molecule has 1 fully saturated rings. The first-order chi connectivity index (χ1) is 13.9. The SMILES string of the molecule is C=CC(=O)Nc1cccc(C(=O)N2CCN(c3ccc(F)cc3F)CCC2C)c1. The average Bonchev–Trinajstić information content (AvgIpc) is 2.89. The van der Waals surface area contributed by atoms with Crippen molar-refractivity contribution in [2.75, 3.05) is 29.9 Å². The van der Waals surface area contributed by atoms with Gasteiger partial charge in [0.25, 0.3) is 5.91 Å². The van der Waals surface area contributed by atoms with Crippen LogP contribution in [0.3, 0.4) is 0 Å². The number of benzene rings is 2. The summed E-state index contributed by atoms with van der Waals surface area (Å²) in [6, 6.07) is 10.2. The zero-order chi connectivity index (χ0) is 21.0. The first-order valence-corrected chi connectivity index (χ1v) is 9.43. The standard InChI is InChI=1S/C22H23F2N3O2/c1-3-21(28)25-18-6-4-5-16(13-18)22(29)27-12-11-26(10-9-15(27)2)20-8-7-17(23)14-19(20)24/h3-8,13-15H,1,9-12H2,2H3,(H,25,28). The molecule has 5 nitrogen and oxygen atoms in total. The van der Waals surface area contributed by atoms with Crippen LogP contribution in [0.2, 0.25) is 0 Å². The van der Waals surface area contributed by atoms with Crippen LogP contribution in [0.1, 0.15) is 23.7 Å². The molecule has 2 aromatic rings. The lowest BCUT2D eigenvalue weighted by Crippen LogP contribution is -2.40. The fourth-order valence-electron chi connectivity index (χ4n) is 3.43. The van der Waals surface area contributed by atoms with Crippen LogP contribution in [-0.2, 0) is 4.79 Å². The molecular formula is C22H23F2N3O2. The van der Waals surface area contributed by atoms with Gasteiger partial charge in [-0.2, -0.15) is 0 Å². The van der Waals surface area contributed by atoms with Crippen molar-refractivity contribution in [2.24, 2.45) is 0 Å². The Morgan fingerprint density at radius 1 is 1.14 bits per heavy atom. The number of anilines is 2. The second-order valence-electron chi connectivity index (χ2n) is 6.99. The molecule has 1 aliphatic heterocycles. The van der Waals surface area contributed by atoms with E-state index in [9.17, 15) is 18.4 Å². The Bertz CT molecular complexity index is 932. The Labute approximate surface area is 168 Å². The summed E-state index contributed by atoms with van der Waals surface area (Å²) in [4.78, 5) is 28.2. The van der Waals surface area contributed by atoms with Gasteiger partial charge in [-0.15, -0.1) is 0 Å². The molecule has 2 aromatic carbocycles. The molecule has 1 unspecified atom stereocenters. The van der Waals surface area contributed by atoms with E-state index in [2.05, 4.69) is 11.9 Å². The number of nitrogens with zero attached hydrogens (tertiary/aromatic N) is 2. The molecule has 0 bridgehead atoms. The summed E-state index contributed by atoms with van der Waals surface area (Å²) in [7, 11) is 0. The molecule has 1 N–H and O–H groups in total. The quantitative estimate of drug-likeness (QED) is 0.795. The summed E-state index contributed by atoms with van der Waals surface area (Å²) in [5.41, 5.74) is 1.31. The highest BCUT2D eigenvalue weighted by Gasteiger charge is 2.27. The van der Waals surface area contributed by atoms with Crippen LogP contribution < -0.4 is 10.2 Å². The Balaban J connectivity index is 1.75. The van der Waals surface area contributed by atoms with E-state index in [4.69, 9.17) is 0 Å². The molecule has 7 heteroatoms. The van der Waals surface area contributed by atoms with Gasteiger partial charge in [-0.05, 0) is 49.8 Å². The minimum atomic E-state index is -0.616. The predicted molar refractivity (Wildman–Crippen MR) is 109 cm³/mol. The largest absolute Gasteiger partial charge is 0.367 e. The van der Waals surface area contributed by atoms with Crippen molar-refractivity contribution < 1.29 is 18.4 Å². The van der Waals surface area contributed by atoms with E-state index >= 15 is 0 Å². The molecule has 0 saturated carbocycles. The average molecular weight is 399 g/mol. The summed E-state index contributed by atoms with van der Waals surface area (Å²) in [5.74, 6) is -1.74. The maximum Gasteiger partial charge on any atom is 0.254 e. The summed E-state index contributed by atoms with van der Waals surface area (Å²) >= 11 is 0. The molecule has 29 heavy (non-hydrogen) atoms. The van der Waals surface area contributed by atoms with Gasteiger partial charge >= 0.3 is 0 Å². The second kappa shape index (κ2) is 8.86. The summed E-state index contributed by atoms with van der Waals surface area (Å²) in [5, 5.41) is 2.64. The molecule has 2 amide bonds. The van der Waals surface area contributed by atoms with E-state index in [1.165, 1.54) is 12.1 Å². The number of hydrogen-bond acceptors (Lipinski definition) is 3. The third-order valence-electron chi connectivity index (χ3n) is 5.03. The molecule has 3 rings (SSSR count). The maximum atomic E-state index is 14.2. The monoisotopic (exact) mass is 399 g/mol. The molecule has 1 heterocycles. The molecule has 0 radical (unpaired) electrons. The number of amides is 2. The maximum absolute atomic E-state index is 14.2. The van der Waals surface area contributed by atoms with Crippen molar-refractivity contribution in [1.29, 1.82) is 0 Å². The minimum Gasteiger partial charge on any atom is -0.367 e. The summed E-state index contributed by atoms with van der Waals surface area (Å²) < 4.78 is 27.4. The Hall–Kier alpha value is -3.22. The third-order valence-corrected chi connectivity index (χ3v) is 5.03. The predicted octanol–water partition coefficient (Wildman–Crippen LogP) is 3.83. The van der Waals surface area contributed by atoms with Crippen LogP contribution in [0, 0.1) is 11.6 Å². The molecule has 0 spiro atoms. The van der Waals surface area contributed by atoms with Crippen LogP contribution in [0.15, 0.2) is 55.1 Å². The normalized spacial score (nSPS) is 16.9. The topological polar surface area (TPSA) is 52.7 Å². The van der Waals surface area contributed by atoms with E-state index in [1.54, 1.807) is 29.2 Å². The zero-order valence-electron chi connectivity index (χ0n) is 16.2. The first kappa shape index (κ1) is 20.5. The van der Waals surface area contributed by atoms with Gasteiger partial charge in [-0.1, -0.05) is 12.6 Å². The fraction of sp³-hybridized carbons (Fsp3) is 0.273. The molecular weight excluding hydrogens is 376 g/mol. The number of hydrogen-bond donors (Lipinski definition) is 1. The Kier molecular flexibility index (Phi) is 6.26. The van der Waals surface area contributed by atoms with Gasteiger partial charge < -0.3 is 15.1 Å². The highest BCUT2D eigenvalue weighted by Crippen LogP contribution is 2.24. The van der Waals surface area contributed by atoms with Gasteiger partial charge in [0.15, 0.2) is 0 Å². The summed E-state index contributed by atoms with van der Waals surface area (Å²) in [6.45, 7) is 6.76. The first-order valence-electron chi connectivity index (χ1n) is 9.43. The van der Waals surface area contributed by atoms with Crippen molar-refractivity contribution >= 4 is 23.2 Å². The highest BCUT2D eigenvalue weighted by atomic mass is 19.1. The van der Waals surface area contributed by atoms with E-state index in [0.717, 1.165) is 12.1 Å². The lowest BCUT2D eigenvalue weighted by Gasteiger charge is -2.27. The van der Waals surface area contributed by atoms with Crippen LogP contribution in [0.4, 0.5) is 20.2 Å². The van der Waals surface area contributed by atoms with E-state index in [1.807, 2.05) is 11.8 Å². The van der Waals surface area contributed by atoms with Crippen LogP contribution in [-0.4, -0.2) is 42.4 Å². The minimum absolute atomic E-state index is 0.0533. The number of halogens is 2. The Morgan fingerprint density at radius 3 is 2.66 bits per heavy atom. The van der Waals surface area contributed by atoms with E-state index in [0.29, 0.717) is 43.0 Å².